The standard InChI is InChI=1S/C17H25NOS/c1-17(2)8-5-10-18(11-9-17)14-16-15(7-13-20-16)6-3-4-12-19/h7,13,19H,4-5,8-12,14H2,1-2H3. The van der Waals surface area contributed by atoms with Crippen molar-refractivity contribution in [2.45, 2.75) is 46.1 Å². The highest BCUT2D eigenvalue weighted by molar-refractivity contribution is 7.10. The van der Waals surface area contributed by atoms with Crippen LogP contribution < -0.4 is 0 Å². The van der Waals surface area contributed by atoms with Crippen LogP contribution in [0.3, 0.4) is 0 Å². The summed E-state index contributed by atoms with van der Waals surface area (Å²) in [6, 6.07) is 2.10. The van der Waals surface area contributed by atoms with Crippen LogP contribution in [0.15, 0.2) is 11.4 Å². The van der Waals surface area contributed by atoms with Gasteiger partial charge in [0.15, 0.2) is 0 Å². The number of hydrogen-bond donors (Lipinski definition) is 1. The predicted molar refractivity (Wildman–Crippen MR) is 85.8 cm³/mol. The summed E-state index contributed by atoms with van der Waals surface area (Å²) >= 11 is 1.80. The number of likely N-dealkylation sites (tertiary alicyclic amines) is 1. The maximum atomic E-state index is 8.80. The van der Waals surface area contributed by atoms with Gasteiger partial charge in [0, 0.05) is 23.4 Å². The molecule has 2 nitrogen and oxygen atoms in total. The Balaban J connectivity index is 1.97. The molecule has 0 saturated carbocycles. The SMILES string of the molecule is CC1(C)CCCN(Cc2sccc2C#CCCO)CC1. The first kappa shape index (κ1) is 15.6. The van der Waals surface area contributed by atoms with Crippen LogP contribution in [0, 0.1) is 17.3 Å². The maximum Gasteiger partial charge on any atom is 0.0540 e. The second kappa shape index (κ2) is 7.26. The molecule has 1 aliphatic rings. The van der Waals surface area contributed by atoms with Gasteiger partial charge < -0.3 is 5.11 Å². The van der Waals surface area contributed by atoms with Crippen LogP contribution in [-0.4, -0.2) is 29.7 Å². The fourth-order valence-corrected chi connectivity index (χ4v) is 3.50. The molecule has 2 heterocycles. The molecule has 0 unspecified atom stereocenters. The van der Waals surface area contributed by atoms with Gasteiger partial charge >= 0.3 is 0 Å². The highest BCUT2D eigenvalue weighted by Crippen LogP contribution is 2.30. The Kier molecular flexibility index (Phi) is 5.65. The molecule has 0 amide bonds. The normalized spacial score (nSPS) is 19.1. The average Bonchev–Trinajstić information content (AvgIpc) is 2.75. The van der Waals surface area contributed by atoms with Crippen molar-refractivity contribution in [1.82, 2.24) is 4.90 Å². The summed E-state index contributed by atoms with van der Waals surface area (Å²) < 4.78 is 0. The van der Waals surface area contributed by atoms with Crippen LogP contribution >= 0.6 is 11.3 Å². The molecule has 3 heteroatoms. The van der Waals surface area contributed by atoms with Gasteiger partial charge in [-0.05, 0) is 49.2 Å². The second-order valence-electron chi connectivity index (χ2n) is 6.33. The molecule has 1 N–H and O–H groups in total. The lowest BCUT2D eigenvalue weighted by atomic mass is 9.85. The smallest absolute Gasteiger partial charge is 0.0540 e. The van der Waals surface area contributed by atoms with Gasteiger partial charge in [-0.15, -0.1) is 11.3 Å². The molecule has 0 aliphatic carbocycles. The Morgan fingerprint density at radius 3 is 3.00 bits per heavy atom. The van der Waals surface area contributed by atoms with Crippen molar-refractivity contribution >= 4 is 11.3 Å². The third-order valence-corrected chi connectivity index (χ3v) is 4.91. The minimum Gasteiger partial charge on any atom is -0.395 e. The third-order valence-electron chi connectivity index (χ3n) is 4.01. The molecule has 1 aliphatic heterocycles. The molecule has 0 spiro atoms. The van der Waals surface area contributed by atoms with E-state index in [9.17, 15) is 0 Å². The molecule has 110 valence electrons. The van der Waals surface area contributed by atoms with Gasteiger partial charge in [-0.25, -0.2) is 0 Å². The Morgan fingerprint density at radius 1 is 1.35 bits per heavy atom. The first-order valence-electron chi connectivity index (χ1n) is 7.49. The van der Waals surface area contributed by atoms with E-state index in [0.717, 1.165) is 12.1 Å². The highest BCUT2D eigenvalue weighted by Gasteiger charge is 2.23. The monoisotopic (exact) mass is 291 g/mol. The van der Waals surface area contributed by atoms with E-state index in [4.69, 9.17) is 5.11 Å². The van der Waals surface area contributed by atoms with Crippen molar-refractivity contribution in [2.24, 2.45) is 5.41 Å². The zero-order valence-corrected chi connectivity index (χ0v) is 13.4. The molecule has 0 atom stereocenters. The van der Waals surface area contributed by atoms with E-state index in [2.05, 4.69) is 42.0 Å². The molecular formula is C17H25NOS. The summed E-state index contributed by atoms with van der Waals surface area (Å²) in [5.74, 6) is 6.22. The van der Waals surface area contributed by atoms with Crippen molar-refractivity contribution in [1.29, 1.82) is 0 Å². The zero-order valence-electron chi connectivity index (χ0n) is 12.6. The fraction of sp³-hybridized carbons (Fsp3) is 0.647. The molecule has 20 heavy (non-hydrogen) atoms. The molecule has 1 fully saturated rings. The van der Waals surface area contributed by atoms with Gasteiger partial charge in [-0.3, -0.25) is 4.90 Å². The van der Waals surface area contributed by atoms with Gasteiger partial charge in [0.25, 0.3) is 0 Å². The van der Waals surface area contributed by atoms with Gasteiger partial charge in [-0.2, -0.15) is 0 Å². The average molecular weight is 291 g/mol. The van der Waals surface area contributed by atoms with Crippen LogP contribution in [0.5, 0.6) is 0 Å². The minimum atomic E-state index is 0.147. The molecule has 2 rings (SSSR count). The number of hydrogen-bond acceptors (Lipinski definition) is 3. The quantitative estimate of drug-likeness (QED) is 0.862. The number of aliphatic hydroxyl groups is 1. The van der Waals surface area contributed by atoms with Gasteiger partial charge in [0.05, 0.1) is 6.61 Å². The number of nitrogens with zero attached hydrogens (tertiary/aromatic N) is 1. The van der Waals surface area contributed by atoms with E-state index < -0.39 is 0 Å². The van der Waals surface area contributed by atoms with Crippen LogP contribution in [0.2, 0.25) is 0 Å². The van der Waals surface area contributed by atoms with E-state index in [-0.39, 0.29) is 6.61 Å². The molecule has 1 saturated heterocycles. The van der Waals surface area contributed by atoms with E-state index in [0.29, 0.717) is 11.8 Å². The number of rotatable bonds is 3. The largest absolute Gasteiger partial charge is 0.395 e. The number of aliphatic hydroxyl groups excluding tert-OH is 1. The molecule has 1 aromatic rings. The van der Waals surface area contributed by atoms with Gasteiger partial charge in [0.2, 0.25) is 0 Å². The van der Waals surface area contributed by atoms with E-state index in [1.54, 1.807) is 11.3 Å². The van der Waals surface area contributed by atoms with Crippen LogP contribution in [0.1, 0.15) is 50.0 Å². The van der Waals surface area contributed by atoms with Crippen molar-refractivity contribution in [3.05, 3.63) is 21.9 Å². The van der Waals surface area contributed by atoms with Crippen molar-refractivity contribution in [3.8, 4) is 11.8 Å². The fourth-order valence-electron chi connectivity index (χ4n) is 2.63. The second-order valence-corrected chi connectivity index (χ2v) is 7.33. The summed E-state index contributed by atoms with van der Waals surface area (Å²) in [5.41, 5.74) is 1.64. The van der Waals surface area contributed by atoms with Gasteiger partial charge in [-0.1, -0.05) is 25.7 Å². The summed E-state index contributed by atoms with van der Waals surface area (Å²) in [4.78, 5) is 3.94. The molecule has 0 radical (unpaired) electrons. The zero-order chi connectivity index (χ0) is 14.4. The third kappa shape index (κ3) is 4.63. The van der Waals surface area contributed by atoms with E-state index >= 15 is 0 Å². The van der Waals surface area contributed by atoms with E-state index in [1.165, 1.54) is 37.2 Å². The topological polar surface area (TPSA) is 23.5 Å². The first-order chi connectivity index (χ1) is 9.61. The highest BCUT2D eigenvalue weighted by atomic mass is 32.1. The van der Waals surface area contributed by atoms with Crippen LogP contribution in [-0.2, 0) is 6.54 Å². The van der Waals surface area contributed by atoms with Crippen molar-refractivity contribution < 1.29 is 5.11 Å². The minimum absolute atomic E-state index is 0.147. The Bertz CT molecular complexity index is 481. The molecular weight excluding hydrogens is 266 g/mol. The summed E-state index contributed by atoms with van der Waals surface area (Å²) in [6.07, 6.45) is 4.47. The maximum absolute atomic E-state index is 8.80. The Hall–Kier alpha value is -0.820. The predicted octanol–water partition coefficient (Wildman–Crippen LogP) is 3.49. The summed E-state index contributed by atoms with van der Waals surface area (Å²) in [6.45, 7) is 8.32. The Labute approximate surface area is 126 Å². The van der Waals surface area contributed by atoms with Crippen LogP contribution in [0.4, 0.5) is 0 Å². The lowest BCUT2D eigenvalue weighted by Gasteiger charge is -2.23. The lowest BCUT2D eigenvalue weighted by Crippen LogP contribution is -2.24. The summed E-state index contributed by atoms with van der Waals surface area (Å²) in [5, 5.41) is 10.9. The van der Waals surface area contributed by atoms with E-state index in [1.807, 2.05) is 0 Å². The molecule has 0 bridgehead atoms. The van der Waals surface area contributed by atoms with Crippen LogP contribution in [0.25, 0.3) is 0 Å². The molecule has 1 aromatic heterocycles. The van der Waals surface area contributed by atoms with Crippen molar-refractivity contribution in [3.63, 3.8) is 0 Å². The van der Waals surface area contributed by atoms with Crippen molar-refractivity contribution in [2.75, 3.05) is 19.7 Å². The Morgan fingerprint density at radius 2 is 2.20 bits per heavy atom. The summed E-state index contributed by atoms with van der Waals surface area (Å²) in [7, 11) is 0. The first-order valence-corrected chi connectivity index (χ1v) is 8.37. The molecule has 0 aromatic carbocycles. The number of thiophene rings is 1. The van der Waals surface area contributed by atoms with Gasteiger partial charge in [0.1, 0.15) is 0 Å². The lowest BCUT2D eigenvalue weighted by molar-refractivity contribution is 0.257.